The number of allylic oxidation sites excluding steroid dienone is 24. The quantitative estimate of drug-likeness (QED) is 0.0146. The van der Waals surface area contributed by atoms with E-state index in [2.05, 4.69) is 167 Å². The van der Waals surface area contributed by atoms with Crippen molar-refractivity contribution in [3.05, 3.63) is 146 Å². The third-order valence-electron chi connectivity index (χ3n) is 19.6. The molecule has 0 aliphatic rings. The SMILES string of the molecule is CC/C=C\C/C=C\C/C=C\C/C=C\C/C=C\C/C=C\CCCCCCCCCCCCCCCCCCC(=O)OCC(O)COP(=O)(O)OCC(O)COP(=O)(O)OCC(COC(=O)CCCCCCCCCCCCCCCC/C=C\C/C=C\C/C=C\C/C=C\C/C=C\C/C=C\CC)OC(=O)CCCCCCCCCCCCC. The van der Waals surface area contributed by atoms with E-state index in [4.69, 9.17) is 32.3 Å². The van der Waals surface area contributed by atoms with Gasteiger partial charge in [-0.2, -0.15) is 0 Å². The van der Waals surface area contributed by atoms with Crippen molar-refractivity contribution in [1.29, 1.82) is 0 Å². The van der Waals surface area contributed by atoms with E-state index in [1.54, 1.807) is 0 Å². The van der Waals surface area contributed by atoms with Gasteiger partial charge >= 0.3 is 33.6 Å². The summed E-state index contributed by atoms with van der Waals surface area (Å²) in [5.41, 5.74) is 0. The monoisotopic (exact) mass is 1650 g/mol. The molecular formula is C97H168O16P2. The summed E-state index contributed by atoms with van der Waals surface area (Å²) in [6.07, 6.45) is 112. The fraction of sp³-hybridized carbons (Fsp3) is 0.722. The van der Waals surface area contributed by atoms with Crippen LogP contribution in [0.2, 0.25) is 0 Å². The molecule has 115 heavy (non-hydrogen) atoms. The highest BCUT2D eigenvalue weighted by Gasteiger charge is 2.29. The van der Waals surface area contributed by atoms with E-state index in [1.165, 1.54) is 186 Å². The number of hydrogen-bond donors (Lipinski definition) is 4. The van der Waals surface area contributed by atoms with Crippen LogP contribution in [0.5, 0.6) is 0 Å². The number of carbonyl (C=O) groups is 3. The van der Waals surface area contributed by atoms with Gasteiger partial charge in [-0.15, -0.1) is 0 Å². The highest BCUT2D eigenvalue weighted by atomic mass is 31.2. The van der Waals surface area contributed by atoms with Crippen LogP contribution >= 0.6 is 15.6 Å². The first kappa shape index (κ1) is 110. The summed E-state index contributed by atoms with van der Waals surface area (Å²) in [5.74, 6) is -1.56. The molecule has 0 aliphatic heterocycles. The number of ether oxygens (including phenoxy) is 3. The van der Waals surface area contributed by atoms with Crippen molar-refractivity contribution in [3.63, 3.8) is 0 Å². The third kappa shape index (κ3) is 90.0. The summed E-state index contributed by atoms with van der Waals surface area (Å²) in [7, 11) is -9.79. The summed E-state index contributed by atoms with van der Waals surface area (Å²) < 4.78 is 61.3. The van der Waals surface area contributed by atoms with Crippen LogP contribution in [0.25, 0.3) is 0 Å². The smallest absolute Gasteiger partial charge is 0.463 e. The molecule has 0 aromatic rings. The van der Waals surface area contributed by atoms with Gasteiger partial charge in [0.15, 0.2) is 6.10 Å². The fourth-order valence-electron chi connectivity index (χ4n) is 12.6. The molecule has 0 fully saturated rings. The normalized spacial score (nSPS) is 14.5. The lowest BCUT2D eigenvalue weighted by Gasteiger charge is -2.21. The minimum absolute atomic E-state index is 0.107. The van der Waals surface area contributed by atoms with Crippen molar-refractivity contribution in [3.8, 4) is 0 Å². The summed E-state index contributed by atoms with van der Waals surface area (Å²) >= 11 is 0. The zero-order valence-electron chi connectivity index (χ0n) is 72.9. The van der Waals surface area contributed by atoms with E-state index >= 15 is 0 Å². The Morgan fingerprint density at radius 3 is 0.730 bits per heavy atom. The van der Waals surface area contributed by atoms with Crippen molar-refractivity contribution >= 4 is 33.6 Å². The average molecular weight is 1650 g/mol. The summed E-state index contributed by atoms with van der Waals surface area (Å²) in [5, 5.41) is 20.7. The second-order valence-corrected chi connectivity index (χ2v) is 33.6. The van der Waals surface area contributed by atoms with Gasteiger partial charge in [-0.05, 0) is 122 Å². The van der Waals surface area contributed by atoms with E-state index in [1.807, 2.05) is 0 Å². The third-order valence-corrected chi connectivity index (χ3v) is 21.5. The molecule has 0 aromatic carbocycles. The van der Waals surface area contributed by atoms with Gasteiger partial charge in [0, 0.05) is 19.3 Å². The van der Waals surface area contributed by atoms with Gasteiger partial charge < -0.3 is 34.2 Å². The number of rotatable bonds is 87. The molecule has 18 heteroatoms. The molecule has 16 nitrogen and oxygen atoms in total. The van der Waals surface area contributed by atoms with Gasteiger partial charge in [-0.3, -0.25) is 32.5 Å². The van der Waals surface area contributed by atoms with E-state index < -0.39 is 91.5 Å². The van der Waals surface area contributed by atoms with Gasteiger partial charge in [0.05, 0.1) is 26.4 Å². The highest BCUT2D eigenvalue weighted by Crippen LogP contribution is 2.45. The Kier molecular flexibility index (Phi) is 85.2. The van der Waals surface area contributed by atoms with E-state index in [0.29, 0.717) is 19.3 Å². The lowest BCUT2D eigenvalue weighted by molar-refractivity contribution is -0.161. The first-order chi connectivity index (χ1) is 56.2. The van der Waals surface area contributed by atoms with Crippen LogP contribution in [0.4, 0.5) is 0 Å². The average Bonchev–Trinajstić information content (AvgIpc) is 0.901. The Labute approximate surface area is 702 Å². The van der Waals surface area contributed by atoms with Gasteiger partial charge in [-0.25, -0.2) is 9.13 Å². The predicted molar refractivity (Wildman–Crippen MR) is 482 cm³/mol. The van der Waals surface area contributed by atoms with Crippen LogP contribution in [-0.4, -0.2) is 95.9 Å². The zero-order chi connectivity index (χ0) is 83.6. The van der Waals surface area contributed by atoms with E-state index in [0.717, 1.165) is 148 Å². The molecule has 0 amide bonds. The maximum atomic E-state index is 13.0. The largest absolute Gasteiger partial charge is 0.472 e. The Morgan fingerprint density at radius 2 is 0.461 bits per heavy atom. The van der Waals surface area contributed by atoms with Gasteiger partial charge in [0.2, 0.25) is 0 Å². The van der Waals surface area contributed by atoms with E-state index in [9.17, 15) is 43.5 Å². The van der Waals surface area contributed by atoms with Gasteiger partial charge in [0.25, 0.3) is 0 Å². The highest BCUT2D eigenvalue weighted by molar-refractivity contribution is 7.47. The first-order valence-electron chi connectivity index (χ1n) is 46.1. The van der Waals surface area contributed by atoms with E-state index in [-0.39, 0.29) is 19.3 Å². The van der Waals surface area contributed by atoms with Crippen molar-refractivity contribution in [2.24, 2.45) is 0 Å². The maximum absolute atomic E-state index is 13.0. The standard InChI is InChI=1S/C97H168O16P2/c1-4-7-10-13-16-19-22-24-26-28-30-32-34-36-38-40-42-44-45-47-49-50-52-54-56-58-60-62-64-66-69-71-74-77-80-83-95(100)107-86-92(98)87-109-114(103,104)110-88-93(99)89-111-115(105,106)112-91-94(113-97(102)85-82-79-76-73-68-21-18-15-12-9-6-3)90-108-96(101)84-81-78-75-72-70-67-65-63-61-59-57-55-53-51-48-46-43-41-39-37-35-33-31-29-27-25-23-20-17-14-11-8-5-2/h7-8,10-11,16-17,19-20,24-27,30-33,36-39,42-44,46,92-94,98-99H,4-6,9,12-15,18,21-23,28-29,34-35,40-41,45,47-91H2,1-3H3,(H,103,104)(H,105,106)/b10-7-,11-8-,19-16-,20-17-,26-24-,27-25-,32-30-,33-31-,38-36-,39-37-,44-42-,46-43-. The molecule has 5 atom stereocenters. The molecule has 0 aromatic heterocycles. The lowest BCUT2D eigenvalue weighted by Crippen LogP contribution is -2.30. The maximum Gasteiger partial charge on any atom is 0.472 e. The second kappa shape index (κ2) is 88.7. The minimum Gasteiger partial charge on any atom is -0.463 e. The van der Waals surface area contributed by atoms with Gasteiger partial charge in [-0.1, -0.05) is 398 Å². The Morgan fingerprint density at radius 1 is 0.252 bits per heavy atom. The molecule has 0 rings (SSSR count). The van der Waals surface area contributed by atoms with Crippen molar-refractivity contribution < 1.29 is 75.8 Å². The molecule has 0 heterocycles. The lowest BCUT2D eigenvalue weighted by atomic mass is 10.0. The fourth-order valence-corrected chi connectivity index (χ4v) is 14.2. The predicted octanol–water partition coefficient (Wildman–Crippen LogP) is 28.3. The number of phosphoric acid groups is 2. The molecular weight excluding hydrogens is 1480 g/mol. The molecule has 4 N–H and O–H groups in total. The molecule has 0 aliphatic carbocycles. The number of unbranched alkanes of at least 4 members (excludes halogenated alkanes) is 40. The zero-order valence-corrected chi connectivity index (χ0v) is 74.7. The summed E-state index contributed by atoms with van der Waals surface area (Å²) in [6.45, 7) is 2.49. The van der Waals surface area contributed by atoms with Crippen molar-refractivity contribution in [2.75, 3.05) is 39.6 Å². The Hall–Kier alpha value is -4.57. The molecule has 0 bridgehead atoms. The number of aliphatic hydroxyl groups excluding tert-OH is 2. The number of esters is 3. The molecule has 0 saturated carbocycles. The van der Waals surface area contributed by atoms with Crippen LogP contribution in [0.3, 0.4) is 0 Å². The number of phosphoric ester groups is 2. The van der Waals surface area contributed by atoms with Crippen molar-refractivity contribution in [1.82, 2.24) is 0 Å². The number of aliphatic hydroxyl groups is 2. The van der Waals surface area contributed by atoms with Crippen LogP contribution in [-0.2, 0) is 55.8 Å². The second-order valence-electron chi connectivity index (χ2n) is 30.7. The topological polar surface area (TPSA) is 231 Å². The van der Waals surface area contributed by atoms with Crippen LogP contribution in [0.15, 0.2) is 146 Å². The van der Waals surface area contributed by atoms with Crippen LogP contribution in [0, 0.1) is 0 Å². The number of hydrogen-bond acceptors (Lipinski definition) is 14. The van der Waals surface area contributed by atoms with Gasteiger partial charge in [0.1, 0.15) is 25.4 Å². The minimum atomic E-state index is -4.93. The molecule has 5 unspecified atom stereocenters. The Bertz CT molecular complexity index is 2670. The molecule has 0 saturated heterocycles. The number of carbonyl (C=O) groups excluding carboxylic acids is 3. The van der Waals surface area contributed by atoms with Crippen LogP contribution < -0.4 is 0 Å². The molecule has 0 radical (unpaired) electrons. The summed E-state index contributed by atoms with van der Waals surface area (Å²) in [6, 6.07) is 0. The van der Waals surface area contributed by atoms with Crippen molar-refractivity contribution in [2.45, 2.75) is 411 Å². The van der Waals surface area contributed by atoms with Crippen LogP contribution in [0.1, 0.15) is 393 Å². The molecule has 0 spiro atoms. The Balaban J connectivity index is 4.33. The molecule has 662 valence electrons. The first-order valence-corrected chi connectivity index (χ1v) is 49.1. The summed E-state index contributed by atoms with van der Waals surface area (Å²) in [4.78, 5) is 58.8.